The van der Waals surface area contributed by atoms with Crippen LogP contribution in [0.5, 0.6) is 0 Å². The molecule has 1 aromatic rings. The highest BCUT2D eigenvalue weighted by Gasteiger charge is 2.25. The SMILES string of the molecule is CCN1CCN(c2nsnc2Cl)CC1C. The van der Waals surface area contributed by atoms with Crippen LogP contribution in [0.1, 0.15) is 13.8 Å². The Bertz CT molecular complexity index is 330. The minimum Gasteiger partial charge on any atom is -0.350 e. The van der Waals surface area contributed by atoms with Gasteiger partial charge in [0.2, 0.25) is 0 Å². The predicted octanol–water partition coefficient (Wildman–Crippen LogP) is 1.72. The van der Waals surface area contributed by atoms with Gasteiger partial charge in [-0.25, -0.2) is 0 Å². The Morgan fingerprint density at radius 2 is 2.27 bits per heavy atom. The first-order chi connectivity index (χ1) is 7.22. The molecule has 84 valence electrons. The molecule has 0 aromatic carbocycles. The van der Waals surface area contributed by atoms with Gasteiger partial charge in [-0.1, -0.05) is 18.5 Å². The molecule has 6 heteroatoms. The van der Waals surface area contributed by atoms with E-state index in [2.05, 4.69) is 32.4 Å². The average Bonchev–Trinajstić information content (AvgIpc) is 2.64. The van der Waals surface area contributed by atoms with Gasteiger partial charge in [-0.05, 0) is 13.5 Å². The lowest BCUT2D eigenvalue weighted by molar-refractivity contribution is 0.199. The van der Waals surface area contributed by atoms with E-state index < -0.39 is 0 Å². The Kier molecular flexibility index (Phi) is 3.43. The summed E-state index contributed by atoms with van der Waals surface area (Å²) in [7, 11) is 0. The van der Waals surface area contributed by atoms with E-state index in [9.17, 15) is 0 Å². The highest BCUT2D eigenvalue weighted by Crippen LogP contribution is 2.25. The van der Waals surface area contributed by atoms with E-state index in [1.165, 1.54) is 11.7 Å². The molecule has 0 bridgehead atoms. The van der Waals surface area contributed by atoms with Crippen molar-refractivity contribution in [3.63, 3.8) is 0 Å². The first kappa shape index (κ1) is 11.1. The first-order valence-corrected chi connectivity index (χ1v) is 6.30. The van der Waals surface area contributed by atoms with E-state index in [1.54, 1.807) is 0 Å². The highest BCUT2D eigenvalue weighted by molar-refractivity contribution is 6.99. The van der Waals surface area contributed by atoms with E-state index >= 15 is 0 Å². The third-order valence-electron chi connectivity index (χ3n) is 2.90. The zero-order valence-electron chi connectivity index (χ0n) is 8.98. The van der Waals surface area contributed by atoms with Crippen molar-refractivity contribution in [1.29, 1.82) is 0 Å². The van der Waals surface area contributed by atoms with Crippen LogP contribution in [0.4, 0.5) is 5.82 Å². The minimum atomic E-state index is 0.539. The van der Waals surface area contributed by atoms with Gasteiger partial charge in [-0.15, -0.1) is 0 Å². The van der Waals surface area contributed by atoms with Gasteiger partial charge in [0, 0.05) is 25.7 Å². The predicted molar refractivity (Wildman–Crippen MR) is 63.8 cm³/mol. The van der Waals surface area contributed by atoms with E-state index in [-0.39, 0.29) is 0 Å². The van der Waals surface area contributed by atoms with E-state index in [1.807, 2.05) is 0 Å². The van der Waals surface area contributed by atoms with Crippen LogP contribution in [0.15, 0.2) is 0 Å². The van der Waals surface area contributed by atoms with Gasteiger partial charge >= 0.3 is 0 Å². The molecule has 1 saturated heterocycles. The number of likely N-dealkylation sites (N-methyl/N-ethyl adjacent to an activating group) is 1. The Labute approximate surface area is 99.2 Å². The van der Waals surface area contributed by atoms with Crippen molar-refractivity contribution in [2.45, 2.75) is 19.9 Å². The smallest absolute Gasteiger partial charge is 0.187 e. The molecular weight excluding hydrogens is 232 g/mol. The molecule has 0 spiro atoms. The Hall–Kier alpha value is -0.390. The van der Waals surface area contributed by atoms with Crippen LogP contribution in [-0.4, -0.2) is 45.9 Å². The Morgan fingerprint density at radius 3 is 2.80 bits per heavy atom. The summed E-state index contributed by atoms with van der Waals surface area (Å²) in [6.07, 6.45) is 0. The molecule has 1 aliphatic heterocycles. The molecule has 1 fully saturated rings. The van der Waals surface area contributed by atoms with Crippen molar-refractivity contribution in [1.82, 2.24) is 13.6 Å². The number of nitrogens with zero attached hydrogens (tertiary/aromatic N) is 4. The number of piperazine rings is 1. The first-order valence-electron chi connectivity index (χ1n) is 5.19. The quantitative estimate of drug-likeness (QED) is 0.796. The molecule has 0 radical (unpaired) electrons. The summed E-state index contributed by atoms with van der Waals surface area (Å²) in [5.41, 5.74) is 0. The van der Waals surface area contributed by atoms with Gasteiger partial charge in [0.1, 0.15) is 0 Å². The molecule has 0 saturated carbocycles. The summed E-state index contributed by atoms with van der Waals surface area (Å²) >= 11 is 7.15. The van der Waals surface area contributed by atoms with Crippen LogP contribution < -0.4 is 4.90 Å². The number of hydrogen-bond acceptors (Lipinski definition) is 5. The lowest BCUT2D eigenvalue weighted by Crippen LogP contribution is -2.51. The maximum absolute atomic E-state index is 5.97. The van der Waals surface area contributed by atoms with Gasteiger partial charge in [0.25, 0.3) is 0 Å². The topological polar surface area (TPSA) is 32.3 Å². The largest absolute Gasteiger partial charge is 0.350 e. The van der Waals surface area contributed by atoms with Crippen LogP contribution in [0.2, 0.25) is 5.15 Å². The number of anilines is 1. The molecular formula is C9H15ClN4S. The fraction of sp³-hybridized carbons (Fsp3) is 0.778. The zero-order valence-corrected chi connectivity index (χ0v) is 10.6. The fourth-order valence-corrected chi connectivity index (χ4v) is 2.80. The van der Waals surface area contributed by atoms with Crippen molar-refractivity contribution < 1.29 is 0 Å². The Morgan fingerprint density at radius 1 is 1.47 bits per heavy atom. The van der Waals surface area contributed by atoms with Gasteiger partial charge in [0.15, 0.2) is 11.0 Å². The van der Waals surface area contributed by atoms with Crippen LogP contribution in [0, 0.1) is 0 Å². The van der Waals surface area contributed by atoms with Crippen molar-refractivity contribution in [2.75, 3.05) is 31.1 Å². The monoisotopic (exact) mass is 246 g/mol. The summed E-state index contributed by atoms with van der Waals surface area (Å²) in [5.74, 6) is 0.851. The number of halogens is 1. The fourth-order valence-electron chi connectivity index (χ4n) is 2.02. The second-order valence-electron chi connectivity index (χ2n) is 3.80. The molecule has 4 nitrogen and oxygen atoms in total. The normalized spacial score (nSPS) is 23.4. The van der Waals surface area contributed by atoms with Crippen LogP contribution in [0.25, 0.3) is 0 Å². The molecule has 15 heavy (non-hydrogen) atoms. The van der Waals surface area contributed by atoms with Crippen LogP contribution in [-0.2, 0) is 0 Å². The molecule has 1 aliphatic rings. The molecule has 0 amide bonds. The summed E-state index contributed by atoms with van der Waals surface area (Å²) < 4.78 is 8.23. The average molecular weight is 247 g/mol. The standard InChI is InChI=1S/C9H15ClN4S/c1-3-13-4-5-14(6-7(13)2)9-8(10)11-15-12-9/h7H,3-6H2,1-2H3. The van der Waals surface area contributed by atoms with E-state index in [0.717, 1.165) is 32.0 Å². The Balaban J connectivity index is 2.06. The van der Waals surface area contributed by atoms with Gasteiger partial charge in [-0.2, -0.15) is 8.75 Å². The van der Waals surface area contributed by atoms with Crippen molar-refractivity contribution in [3.05, 3.63) is 5.15 Å². The second-order valence-corrected chi connectivity index (χ2v) is 4.69. The summed E-state index contributed by atoms with van der Waals surface area (Å²) in [4.78, 5) is 4.69. The van der Waals surface area contributed by atoms with Crippen LogP contribution in [0.3, 0.4) is 0 Å². The lowest BCUT2D eigenvalue weighted by Gasteiger charge is -2.39. The van der Waals surface area contributed by atoms with Gasteiger partial charge in [0.05, 0.1) is 11.7 Å². The van der Waals surface area contributed by atoms with E-state index in [4.69, 9.17) is 11.6 Å². The maximum Gasteiger partial charge on any atom is 0.187 e. The molecule has 0 N–H and O–H groups in total. The van der Waals surface area contributed by atoms with Crippen molar-refractivity contribution in [2.24, 2.45) is 0 Å². The van der Waals surface area contributed by atoms with Crippen LogP contribution >= 0.6 is 23.3 Å². The number of rotatable bonds is 2. The third-order valence-corrected chi connectivity index (χ3v) is 3.78. The number of aromatic nitrogens is 2. The molecule has 0 aliphatic carbocycles. The number of hydrogen-bond donors (Lipinski definition) is 0. The zero-order chi connectivity index (χ0) is 10.8. The van der Waals surface area contributed by atoms with Gasteiger partial charge in [-0.3, -0.25) is 4.90 Å². The molecule has 1 aromatic heterocycles. The molecule has 1 atom stereocenters. The molecule has 2 rings (SSSR count). The van der Waals surface area contributed by atoms with Gasteiger partial charge < -0.3 is 4.90 Å². The third kappa shape index (κ3) is 2.24. The van der Waals surface area contributed by atoms with E-state index in [0.29, 0.717) is 11.2 Å². The van der Waals surface area contributed by atoms with Crippen molar-refractivity contribution >= 4 is 29.1 Å². The maximum atomic E-state index is 5.97. The molecule has 1 unspecified atom stereocenters. The highest BCUT2D eigenvalue weighted by atomic mass is 35.5. The minimum absolute atomic E-state index is 0.539. The summed E-state index contributed by atoms with van der Waals surface area (Å²) in [6, 6.07) is 0.557. The summed E-state index contributed by atoms with van der Waals surface area (Å²) in [5, 5.41) is 0.539. The van der Waals surface area contributed by atoms with Crippen molar-refractivity contribution in [3.8, 4) is 0 Å². The summed E-state index contributed by atoms with van der Waals surface area (Å²) in [6.45, 7) is 8.60. The second kappa shape index (κ2) is 4.63. The molecule has 2 heterocycles. The lowest BCUT2D eigenvalue weighted by atomic mass is 10.2.